The molecule has 2 heterocycles. The van der Waals surface area contributed by atoms with Crippen LogP contribution in [0.5, 0.6) is 0 Å². The molecule has 0 fully saturated rings. The highest BCUT2D eigenvalue weighted by Gasteiger charge is 2.10. The minimum absolute atomic E-state index is 0.0479. The van der Waals surface area contributed by atoms with E-state index in [4.69, 9.17) is 0 Å². The first-order valence-corrected chi connectivity index (χ1v) is 8.39. The molecule has 2 aromatic heterocycles. The van der Waals surface area contributed by atoms with Crippen molar-refractivity contribution in [2.45, 2.75) is 13.3 Å². The molecule has 1 amide bonds. The van der Waals surface area contributed by atoms with E-state index in [-0.39, 0.29) is 5.91 Å². The van der Waals surface area contributed by atoms with Gasteiger partial charge in [0.05, 0.1) is 21.3 Å². The highest BCUT2D eigenvalue weighted by atomic mass is 32.1. The maximum Gasteiger partial charge on any atom is 0.252 e. The summed E-state index contributed by atoms with van der Waals surface area (Å²) < 4.78 is 0.937. The molecular weight excluding hydrogens is 308 g/mol. The van der Waals surface area contributed by atoms with E-state index in [0.29, 0.717) is 12.1 Å². The van der Waals surface area contributed by atoms with Gasteiger partial charge in [-0.2, -0.15) is 0 Å². The Hall–Kier alpha value is -2.47. The maximum absolute atomic E-state index is 12.3. The van der Waals surface area contributed by atoms with Crippen molar-refractivity contribution in [1.82, 2.24) is 15.3 Å². The average molecular weight is 326 g/mol. The molecule has 3 rings (SSSR count). The molecular formula is C17H18N4OS. The highest BCUT2D eigenvalue weighted by Crippen LogP contribution is 2.21. The van der Waals surface area contributed by atoms with E-state index in [0.717, 1.165) is 34.6 Å². The van der Waals surface area contributed by atoms with Gasteiger partial charge >= 0.3 is 0 Å². The summed E-state index contributed by atoms with van der Waals surface area (Å²) in [5.41, 5.74) is 4.47. The van der Waals surface area contributed by atoms with Gasteiger partial charge in [-0.25, -0.2) is 9.97 Å². The summed E-state index contributed by atoms with van der Waals surface area (Å²) in [6.45, 7) is 3.39. The maximum atomic E-state index is 12.3. The summed E-state index contributed by atoms with van der Waals surface area (Å²) in [5, 5.41) is 6.20. The van der Waals surface area contributed by atoms with Gasteiger partial charge in [-0.3, -0.25) is 4.79 Å². The van der Waals surface area contributed by atoms with Crippen LogP contribution in [0, 0.1) is 6.92 Å². The van der Waals surface area contributed by atoms with Crippen LogP contribution in [0.3, 0.4) is 0 Å². The first-order valence-electron chi connectivity index (χ1n) is 7.51. The van der Waals surface area contributed by atoms with Gasteiger partial charge in [0.15, 0.2) is 0 Å². The Balaban J connectivity index is 1.46. The zero-order chi connectivity index (χ0) is 16.1. The van der Waals surface area contributed by atoms with Gasteiger partial charge in [0.1, 0.15) is 5.82 Å². The van der Waals surface area contributed by atoms with E-state index < -0.39 is 0 Å². The number of carbonyl (C=O) groups excluding carboxylic acids is 1. The van der Waals surface area contributed by atoms with E-state index in [1.807, 2.05) is 43.5 Å². The first kappa shape index (κ1) is 15.4. The second-order valence-corrected chi connectivity index (χ2v) is 6.12. The van der Waals surface area contributed by atoms with Crippen LogP contribution < -0.4 is 10.6 Å². The summed E-state index contributed by atoms with van der Waals surface area (Å²) in [6, 6.07) is 9.60. The van der Waals surface area contributed by atoms with Crippen LogP contribution in [0.15, 0.2) is 42.0 Å². The number of rotatable bonds is 6. The van der Waals surface area contributed by atoms with E-state index in [1.165, 1.54) is 11.3 Å². The van der Waals surface area contributed by atoms with Crippen molar-refractivity contribution in [3.05, 3.63) is 53.2 Å². The van der Waals surface area contributed by atoms with Crippen LogP contribution in [-0.2, 0) is 0 Å². The van der Waals surface area contributed by atoms with Crippen molar-refractivity contribution in [2.75, 3.05) is 18.4 Å². The van der Waals surface area contributed by atoms with Crippen molar-refractivity contribution in [1.29, 1.82) is 0 Å². The fraction of sp³-hybridized carbons (Fsp3) is 0.235. The fourth-order valence-corrected chi connectivity index (χ4v) is 3.04. The quantitative estimate of drug-likeness (QED) is 0.683. The molecule has 0 radical (unpaired) electrons. The lowest BCUT2D eigenvalue weighted by Gasteiger charge is -2.07. The number of pyridine rings is 1. The third kappa shape index (κ3) is 3.84. The molecule has 0 aliphatic carbocycles. The molecule has 1 aromatic carbocycles. The largest absolute Gasteiger partial charge is 0.370 e. The molecule has 0 bridgehead atoms. The molecule has 0 spiro atoms. The van der Waals surface area contributed by atoms with E-state index in [2.05, 4.69) is 20.6 Å². The number of hydrogen-bond acceptors (Lipinski definition) is 5. The van der Waals surface area contributed by atoms with Crippen LogP contribution in [0.2, 0.25) is 0 Å². The second-order valence-electron chi connectivity index (χ2n) is 5.26. The Morgan fingerprint density at radius 1 is 1.17 bits per heavy atom. The van der Waals surface area contributed by atoms with Gasteiger partial charge < -0.3 is 10.6 Å². The lowest BCUT2D eigenvalue weighted by molar-refractivity contribution is 0.0955. The lowest BCUT2D eigenvalue weighted by Crippen LogP contribution is -2.25. The normalized spacial score (nSPS) is 10.7. The van der Waals surface area contributed by atoms with E-state index >= 15 is 0 Å². The Morgan fingerprint density at radius 2 is 2.09 bits per heavy atom. The van der Waals surface area contributed by atoms with Crippen LogP contribution in [0.4, 0.5) is 5.82 Å². The number of aromatic nitrogens is 2. The number of benzene rings is 1. The number of hydrogen-bond donors (Lipinski definition) is 2. The Morgan fingerprint density at radius 3 is 2.91 bits per heavy atom. The first-order chi connectivity index (χ1) is 11.2. The summed E-state index contributed by atoms with van der Waals surface area (Å²) in [7, 11) is 0. The van der Waals surface area contributed by atoms with Gasteiger partial charge in [-0.15, -0.1) is 11.3 Å². The number of carbonyl (C=O) groups is 1. The molecule has 0 aliphatic rings. The SMILES string of the molecule is Cc1ccc(NCCCNC(=O)c2cccc3ncsc23)nc1. The zero-order valence-corrected chi connectivity index (χ0v) is 13.7. The summed E-state index contributed by atoms with van der Waals surface area (Å²) in [6.07, 6.45) is 2.67. The van der Waals surface area contributed by atoms with Crippen molar-refractivity contribution < 1.29 is 4.79 Å². The minimum atomic E-state index is -0.0479. The van der Waals surface area contributed by atoms with Gasteiger partial charge in [0.2, 0.25) is 0 Å². The van der Waals surface area contributed by atoms with Crippen molar-refractivity contribution >= 4 is 33.3 Å². The molecule has 118 valence electrons. The molecule has 0 aliphatic heterocycles. The van der Waals surface area contributed by atoms with Crippen LogP contribution in [-0.4, -0.2) is 29.0 Å². The third-order valence-corrected chi connectivity index (χ3v) is 4.33. The standard InChI is InChI=1S/C17H18N4OS/c1-12-6-7-15(20-10-12)18-8-3-9-19-17(22)13-4-2-5-14-16(13)23-11-21-14/h2,4-7,10-11H,3,8-9H2,1H3,(H,18,20)(H,19,22). The lowest BCUT2D eigenvalue weighted by atomic mass is 10.2. The fourth-order valence-electron chi connectivity index (χ4n) is 2.24. The zero-order valence-electron chi connectivity index (χ0n) is 12.9. The van der Waals surface area contributed by atoms with Crippen molar-refractivity contribution in [2.24, 2.45) is 0 Å². The predicted octanol–water partition coefficient (Wildman–Crippen LogP) is 3.23. The van der Waals surface area contributed by atoms with Crippen LogP contribution >= 0.6 is 11.3 Å². The van der Waals surface area contributed by atoms with Gasteiger partial charge in [-0.05, 0) is 37.1 Å². The summed E-state index contributed by atoms with van der Waals surface area (Å²) in [4.78, 5) is 20.8. The number of amides is 1. The number of thiazole rings is 1. The van der Waals surface area contributed by atoms with Gasteiger partial charge in [0.25, 0.3) is 5.91 Å². The molecule has 0 unspecified atom stereocenters. The average Bonchev–Trinajstić information content (AvgIpc) is 3.04. The predicted molar refractivity (Wildman–Crippen MR) is 94.0 cm³/mol. The monoisotopic (exact) mass is 326 g/mol. The Bertz CT molecular complexity index is 798. The van der Waals surface area contributed by atoms with E-state index in [9.17, 15) is 4.79 Å². The number of nitrogens with one attached hydrogen (secondary N) is 2. The summed E-state index contributed by atoms with van der Waals surface area (Å²) >= 11 is 1.49. The molecule has 0 atom stereocenters. The summed E-state index contributed by atoms with van der Waals surface area (Å²) in [5.74, 6) is 0.810. The van der Waals surface area contributed by atoms with Crippen molar-refractivity contribution in [3.63, 3.8) is 0 Å². The third-order valence-electron chi connectivity index (χ3n) is 3.46. The molecule has 5 nitrogen and oxygen atoms in total. The molecule has 3 aromatic rings. The van der Waals surface area contributed by atoms with Crippen LogP contribution in [0.1, 0.15) is 22.3 Å². The topological polar surface area (TPSA) is 66.9 Å². The molecule has 2 N–H and O–H groups in total. The van der Waals surface area contributed by atoms with Crippen molar-refractivity contribution in [3.8, 4) is 0 Å². The smallest absolute Gasteiger partial charge is 0.252 e. The van der Waals surface area contributed by atoms with Gasteiger partial charge in [0, 0.05) is 19.3 Å². The molecule has 0 saturated heterocycles. The number of anilines is 1. The number of nitrogens with zero attached hydrogens (tertiary/aromatic N) is 2. The Labute approximate surface area is 138 Å². The molecule has 6 heteroatoms. The highest BCUT2D eigenvalue weighted by molar-refractivity contribution is 7.17. The molecule has 23 heavy (non-hydrogen) atoms. The van der Waals surface area contributed by atoms with Gasteiger partial charge in [-0.1, -0.05) is 12.1 Å². The number of fused-ring (bicyclic) bond motifs is 1. The Kier molecular flexibility index (Phi) is 4.83. The minimum Gasteiger partial charge on any atom is -0.370 e. The second kappa shape index (κ2) is 7.19. The number of aryl methyl sites for hydroxylation is 1. The molecule has 0 saturated carbocycles. The van der Waals surface area contributed by atoms with E-state index in [1.54, 1.807) is 5.51 Å². The van der Waals surface area contributed by atoms with Crippen LogP contribution in [0.25, 0.3) is 10.2 Å².